The minimum Gasteiger partial charge on any atom is -0.355 e. The molecule has 2 rings (SSSR count). The molecule has 2 fully saturated rings. The minimum absolute atomic E-state index is 0.0708. The molecule has 136 valence electrons. The van der Waals surface area contributed by atoms with E-state index in [4.69, 9.17) is 0 Å². The van der Waals surface area contributed by atoms with E-state index in [0.29, 0.717) is 24.9 Å². The van der Waals surface area contributed by atoms with Crippen molar-refractivity contribution in [2.24, 2.45) is 17.3 Å². The Hall–Kier alpha value is -1.36. The van der Waals surface area contributed by atoms with Crippen LogP contribution >= 0.6 is 0 Å². The van der Waals surface area contributed by atoms with Gasteiger partial charge in [0.15, 0.2) is 0 Å². The van der Waals surface area contributed by atoms with Crippen LogP contribution in [0.2, 0.25) is 0 Å². The zero-order chi connectivity index (χ0) is 17.9. The van der Waals surface area contributed by atoms with Gasteiger partial charge in [-0.2, -0.15) is 0 Å². The Kier molecular flexibility index (Phi) is 6.07. The molecule has 5 heteroatoms. The second kappa shape index (κ2) is 7.68. The number of nitrogens with one attached hydrogen (secondary N) is 1. The fraction of sp³-hybridized carbons (Fsp3) is 0.789. The SMILES string of the molecule is CCNC(=O)CN1CCCN(C(=O)[C@H]2[C@@H](C=C(C)C)C2(C)C)CC1. The van der Waals surface area contributed by atoms with Crippen LogP contribution in [0.1, 0.15) is 41.0 Å². The van der Waals surface area contributed by atoms with Crippen molar-refractivity contribution in [2.45, 2.75) is 41.0 Å². The molecule has 0 spiro atoms. The first kappa shape index (κ1) is 19.0. The summed E-state index contributed by atoms with van der Waals surface area (Å²) in [5, 5.41) is 2.84. The number of carbonyl (C=O) groups is 2. The van der Waals surface area contributed by atoms with Gasteiger partial charge in [0.1, 0.15) is 0 Å². The fourth-order valence-electron chi connectivity index (χ4n) is 3.82. The van der Waals surface area contributed by atoms with E-state index in [2.05, 4.69) is 44.0 Å². The van der Waals surface area contributed by atoms with Gasteiger partial charge in [-0.1, -0.05) is 25.5 Å². The number of hydrogen-bond donors (Lipinski definition) is 1. The Balaban J connectivity index is 1.91. The van der Waals surface area contributed by atoms with Crippen molar-refractivity contribution in [3.05, 3.63) is 11.6 Å². The molecule has 2 atom stereocenters. The number of amides is 2. The summed E-state index contributed by atoms with van der Waals surface area (Å²) >= 11 is 0. The van der Waals surface area contributed by atoms with Crippen LogP contribution in [-0.4, -0.2) is 60.9 Å². The Labute approximate surface area is 146 Å². The zero-order valence-electron chi connectivity index (χ0n) is 15.9. The molecule has 2 amide bonds. The van der Waals surface area contributed by atoms with E-state index in [0.717, 1.165) is 32.6 Å². The average molecular weight is 335 g/mol. The van der Waals surface area contributed by atoms with Crippen molar-refractivity contribution in [3.8, 4) is 0 Å². The van der Waals surface area contributed by atoms with Crippen molar-refractivity contribution >= 4 is 11.8 Å². The zero-order valence-corrected chi connectivity index (χ0v) is 15.9. The van der Waals surface area contributed by atoms with E-state index in [1.54, 1.807) is 0 Å². The Morgan fingerprint density at radius 1 is 1.17 bits per heavy atom. The van der Waals surface area contributed by atoms with Gasteiger partial charge >= 0.3 is 0 Å². The van der Waals surface area contributed by atoms with E-state index in [-0.39, 0.29) is 17.2 Å². The molecular formula is C19H33N3O2. The van der Waals surface area contributed by atoms with Gasteiger partial charge in [-0.15, -0.1) is 0 Å². The molecular weight excluding hydrogens is 302 g/mol. The monoisotopic (exact) mass is 335 g/mol. The second-order valence-corrected chi connectivity index (χ2v) is 7.98. The van der Waals surface area contributed by atoms with Gasteiger partial charge in [0, 0.05) is 32.7 Å². The van der Waals surface area contributed by atoms with Crippen LogP contribution < -0.4 is 5.32 Å². The highest BCUT2D eigenvalue weighted by Crippen LogP contribution is 2.60. The van der Waals surface area contributed by atoms with Gasteiger partial charge in [0.05, 0.1) is 12.5 Å². The van der Waals surface area contributed by atoms with Gasteiger partial charge in [0.2, 0.25) is 11.8 Å². The lowest BCUT2D eigenvalue weighted by atomic mass is 10.1. The minimum atomic E-state index is 0.0708. The Morgan fingerprint density at radius 3 is 2.50 bits per heavy atom. The van der Waals surface area contributed by atoms with Crippen LogP contribution in [0.3, 0.4) is 0 Å². The molecule has 1 saturated heterocycles. The van der Waals surface area contributed by atoms with E-state index in [1.807, 2.05) is 11.8 Å². The summed E-state index contributed by atoms with van der Waals surface area (Å²) in [7, 11) is 0. The maximum atomic E-state index is 13.0. The van der Waals surface area contributed by atoms with E-state index in [9.17, 15) is 9.59 Å². The topological polar surface area (TPSA) is 52.7 Å². The average Bonchev–Trinajstić information content (AvgIpc) is 3.09. The normalized spacial score (nSPS) is 26.5. The number of hydrogen-bond acceptors (Lipinski definition) is 3. The first-order valence-electron chi connectivity index (χ1n) is 9.20. The van der Waals surface area contributed by atoms with Crippen LogP contribution in [0.15, 0.2) is 11.6 Å². The molecule has 1 saturated carbocycles. The highest BCUT2D eigenvalue weighted by Gasteiger charge is 2.61. The molecule has 2 aliphatic rings. The van der Waals surface area contributed by atoms with Gasteiger partial charge in [-0.3, -0.25) is 14.5 Å². The summed E-state index contributed by atoms with van der Waals surface area (Å²) in [5.41, 5.74) is 1.36. The van der Waals surface area contributed by atoms with Crippen molar-refractivity contribution < 1.29 is 9.59 Å². The molecule has 0 aromatic rings. The molecule has 1 heterocycles. The van der Waals surface area contributed by atoms with Gasteiger partial charge < -0.3 is 10.2 Å². The van der Waals surface area contributed by atoms with Gasteiger partial charge in [-0.25, -0.2) is 0 Å². The third-order valence-corrected chi connectivity index (χ3v) is 5.33. The standard InChI is InChI=1S/C19H33N3O2/c1-6-20-16(23)13-21-8-7-9-22(11-10-21)18(24)17-15(12-14(2)3)19(17,4)5/h12,15,17H,6-11,13H2,1-5H3,(H,20,23)/t15-,17-/m1/s1. The van der Waals surface area contributed by atoms with Crippen molar-refractivity contribution in [3.63, 3.8) is 0 Å². The van der Waals surface area contributed by atoms with Crippen molar-refractivity contribution in [2.75, 3.05) is 39.3 Å². The Morgan fingerprint density at radius 2 is 1.88 bits per heavy atom. The quantitative estimate of drug-likeness (QED) is 0.781. The lowest BCUT2D eigenvalue weighted by molar-refractivity contribution is -0.133. The number of allylic oxidation sites excluding steroid dienone is 2. The predicted octanol–water partition coefficient (Wildman–Crippen LogP) is 1.90. The van der Waals surface area contributed by atoms with Gasteiger partial charge in [0.25, 0.3) is 0 Å². The van der Waals surface area contributed by atoms with E-state index < -0.39 is 0 Å². The van der Waals surface area contributed by atoms with Crippen LogP contribution in [0.25, 0.3) is 0 Å². The molecule has 1 N–H and O–H groups in total. The summed E-state index contributed by atoms with van der Waals surface area (Å²) in [4.78, 5) is 28.9. The summed E-state index contributed by atoms with van der Waals surface area (Å²) in [6.45, 7) is 14.8. The van der Waals surface area contributed by atoms with Crippen LogP contribution in [0, 0.1) is 17.3 Å². The molecule has 1 aliphatic carbocycles. The van der Waals surface area contributed by atoms with Gasteiger partial charge in [-0.05, 0) is 38.5 Å². The molecule has 5 nitrogen and oxygen atoms in total. The number of rotatable bonds is 5. The number of likely N-dealkylation sites (N-methyl/N-ethyl adjacent to an activating group) is 1. The molecule has 0 aromatic heterocycles. The van der Waals surface area contributed by atoms with Crippen molar-refractivity contribution in [1.82, 2.24) is 15.1 Å². The summed E-state index contributed by atoms with van der Waals surface area (Å²) < 4.78 is 0. The molecule has 24 heavy (non-hydrogen) atoms. The smallest absolute Gasteiger partial charge is 0.234 e. The van der Waals surface area contributed by atoms with Crippen LogP contribution in [0.4, 0.5) is 0 Å². The predicted molar refractivity (Wildman–Crippen MR) is 96.5 cm³/mol. The maximum absolute atomic E-state index is 13.0. The summed E-state index contributed by atoms with van der Waals surface area (Å²) in [5.74, 6) is 0.846. The van der Waals surface area contributed by atoms with Crippen LogP contribution in [0.5, 0.6) is 0 Å². The lowest BCUT2D eigenvalue weighted by Gasteiger charge is -2.22. The van der Waals surface area contributed by atoms with E-state index in [1.165, 1.54) is 5.57 Å². The molecule has 1 aliphatic heterocycles. The number of carbonyl (C=O) groups excluding carboxylic acids is 2. The molecule has 0 unspecified atom stereocenters. The second-order valence-electron chi connectivity index (χ2n) is 7.98. The Bertz CT molecular complexity index is 509. The van der Waals surface area contributed by atoms with Crippen molar-refractivity contribution in [1.29, 1.82) is 0 Å². The van der Waals surface area contributed by atoms with E-state index >= 15 is 0 Å². The maximum Gasteiger partial charge on any atom is 0.234 e. The molecule has 0 aromatic carbocycles. The third kappa shape index (κ3) is 4.38. The largest absolute Gasteiger partial charge is 0.355 e. The van der Waals surface area contributed by atoms with Crippen LogP contribution in [-0.2, 0) is 9.59 Å². The third-order valence-electron chi connectivity index (χ3n) is 5.33. The molecule has 0 radical (unpaired) electrons. The summed E-state index contributed by atoms with van der Waals surface area (Å²) in [6.07, 6.45) is 3.19. The highest BCUT2D eigenvalue weighted by atomic mass is 16.2. The first-order chi connectivity index (χ1) is 11.3. The fourth-order valence-corrected chi connectivity index (χ4v) is 3.82. The summed E-state index contributed by atoms with van der Waals surface area (Å²) in [6, 6.07) is 0. The molecule has 0 bridgehead atoms. The number of nitrogens with zero attached hydrogens (tertiary/aromatic N) is 2. The highest BCUT2D eigenvalue weighted by molar-refractivity contribution is 5.84. The first-order valence-corrected chi connectivity index (χ1v) is 9.20. The lowest BCUT2D eigenvalue weighted by Crippen LogP contribution is -2.40.